The van der Waals surface area contributed by atoms with Gasteiger partial charge in [-0.2, -0.15) is 0 Å². The van der Waals surface area contributed by atoms with Crippen LogP contribution in [0.1, 0.15) is 34.6 Å². The Morgan fingerprint density at radius 3 is 2.67 bits per heavy atom. The Morgan fingerprint density at radius 1 is 1.25 bits per heavy atom. The predicted molar refractivity (Wildman–Crippen MR) is 89.8 cm³/mol. The zero-order chi connectivity index (χ0) is 17.1. The van der Waals surface area contributed by atoms with Crippen LogP contribution in [-0.2, 0) is 6.42 Å². The van der Waals surface area contributed by atoms with Gasteiger partial charge in [-0.3, -0.25) is 4.98 Å². The summed E-state index contributed by atoms with van der Waals surface area (Å²) in [7, 11) is 0. The van der Waals surface area contributed by atoms with Gasteiger partial charge < -0.3 is 5.11 Å². The number of aromatic nitrogens is 4. The molecule has 0 aliphatic rings. The number of carboxylic acids is 1. The van der Waals surface area contributed by atoms with Crippen LogP contribution in [0.5, 0.6) is 0 Å². The van der Waals surface area contributed by atoms with Crippen molar-refractivity contribution in [3.8, 4) is 11.3 Å². The van der Waals surface area contributed by atoms with Gasteiger partial charge in [0, 0.05) is 23.9 Å². The van der Waals surface area contributed by atoms with Gasteiger partial charge in [0.2, 0.25) is 0 Å². The number of hydrogen-bond donors (Lipinski definition) is 1. The Labute approximate surface area is 139 Å². The molecule has 0 saturated heterocycles. The maximum atomic E-state index is 10.9. The molecule has 0 bridgehead atoms. The van der Waals surface area contributed by atoms with Gasteiger partial charge in [0.15, 0.2) is 0 Å². The lowest BCUT2D eigenvalue weighted by Gasteiger charge is -2.12. The van der Waals surface area contributed by atoms with Crippen molar-refractivity contribution in [2.24, 2.45) is 0 Å². The van der Waals surface area contributed by atoms with Crippen LogP contribution in [0.15, 0.2) is 48.8 Å². The van der Waals surface area contributed by atoms with E-state index in [-0.39, 0.29) is 11.6 Å². The third-order valence-corrected chi connectivity index (χ3v) is 4.00. The minimum Gasteiger partial charge on any atom is -0.478 e. The number of nitrogens with zero attached hydrogens (tertiary/aromatic N) is 4. The largest absolute Gasteiger partial charge is 0.478 e. The van der Waals surface area contributed by atoms with Crippen molar-refractivity contribution in [1.82, 2.24) is 20.0 Å². The zero-order valence-corrected chi connectivity index (χ0v) is 13.5. The smallest absolute Gasteiger partial charge is 0.335 e. The first-order valence-electron chi connectivity index (χ1n) is 7.70. The Hall–Kier alpha value is -3.02. The van der Waals surface area contributed by atoms with Gasteiger partial charge in [-0.1, -0.05) is 23.4 Å². The lowest BCUT2D eigenvalue weighted by molar-refractivity contribution is 0.0697. The predicted octanol–water partition coefficient (Wildman–Crippen LogP) is 3.15. The first-order valence-corrected chi connectivity index (χ1v) is 7.70. The summed E-state index contributed by atoms with van der Waals surface area (Å²) in [5.41, 5.74) is 4.02. The molecule has 0 fully saturated rings. The van der Waals surface area contributed by atoms with Crippen molar-refractivity contribution in [2.75, 3.05) is 0 Å². The van der Waals surface area contributed by atoms with E-state index in [0.717, 1.165) is 28.9 Å². The van der Waals surface area contributed by atoms with E-state index >= 15 is 0 Å². The van der Waals surface area contributed by atoms with Crippen molar-refractivity contribution >= 4 is 5.97 Å². The Bertz CT molecular complexity index is 855. The van der Waals surface area contributed by atoms with Crippen molar-refractivity contribution in [2.45, 2.75) is 26.3 Å². The van der Waals surface area contributed by atoms with Crippen molar-refractivity contribution < 1.29 is 9.90 Å². The van der Waals surface area contributed by atoms with E-state index in [0.29, 0.717) is 0 Å². The van der Waals surface area contributed by atoms with Crippen LogP contribution in [0.3, 0.4) is 0 Å². The number of pyridine rings is 1. The van der Waals surface area contributed by atoms with Gasteiger partial charge in [0.25, 0.3) is 0 Å². The molecule has 0 spiro atoms. The molecule has 3 aromatic rings. The first-order chi connectivity index (χ1) is 11.5. The first kappa shape index (κ1) is 15.9. The van der Waals surface area contributed by atoms with Crippen LogP contribution >= 0.6 is 0 Å². The molecule has 0 saturated carbocycles. The van der Waals surface area contributed by atoms with Gasteiger partial charge in [0.05, 0.1) is 17.8 Å². The highest BCUT2D eigenvalue weighted by Crippen LogP contribution is 2.20. The summed E-state index contributed by atoms with van der Waals surface area (Å²) in [5.74, 6) is -0.940. The fraction of sp³-hybridized carbons (Fsp3) is 0.222. The number of carbonyl (C=O) groups is 1. The number of aromatic carboxylic acids is 1. The summed E-state index contributed by atoms with van der Waals surface area (Å²) in [5, 5.41) is 17.3. The van der Waals surface area contributed by atoms with Crippen LogP contribution in [0.2, 0.25) is 0 Å². The van der Waals surface area contributed by atoms with Crippen LogP contribution in [0, 0.1) is 6.92 Å². The highest BCUT2D eigenvalue weighted by Gasteiger charge is 2.12. The SMILES string of the molecule is Cc1cccnc1C[C@H](C)n1cc(-c2ccc(C(=O)O)cc2)nn1. The maximum absolute atomic E-state index is 10.9. The minimum absolute atomic E-state index is 0.123. The molecule has 1 N–H and O–H groups in total. The van der Waals surface area contributed by atoms with Gasteiger partial charge in [-0.25, -0.2) is 9.48 Å². The van der Waals surface area contributed by atoms with Crippen LogP contribution in [-0.4, -0.2) is 31.1 Å². The fourth-order valence-electron chi connectivity index (χ4n) is 2.51. The minimum atomic E-state index is -0.940. The Kier molecular flexibility index (Phi) is 4.37. The summed E-state index contributed by atoms with van der Waals surface area (Å²) in [6, 6.07) is 10.7. The topological polar surface area (TPSA) is 80.9 Å². The summed E-state index contributed by atoms with van der Waals surface area (Å²) in [6.45, 7) is 4.12. The average molecular weight is 322 g/mol. The zero-order valence-electron chi connectivity index (χ0n) is 13.5. The third-order valence-electron chi connectivity index (χ3n) is 4.00. The molecule has 2 heterocycles. The average Bonchev–Trinajstić information content (AvgIpc) is 3.07. The van der Waals surface area contributed by atoms with E-state index in [9.17, 15) is 4.79 Å². The Balaban J connectivity index is 1.77. The normalized spacial score (nSPS) is 12.1. The van der Waals surface area contributed by atoms with Gasteiger partial charge >= 0.3 is 5.97 Å². The molecule has 122 valence electrons. The third kappa shape index (κ3) is 3.32. The highest BCUT2D eigenvalue weighted by molar-refractivity contribution is 5.88. The molecule has 1 aromatic carbocycles. The molecular formula is C18H18N4O2. The molecule has 24 heavy (non-hydrogen) atoms. The molecule has 0 unspecified atom stereocenters. The molecular weight excluding hydrogens is 304 g/mol. The fourth-order valence-corrected chi connectivity index (χ4v) is 2.51. The molecule has 1 atom stereocenters. The molecule has 0 amide bonds. The lowest BCUT2D eigenvalue weighted by atomic mass is 10.1. The van der Waals surface area contributed by atoms with Crippen LogP contribution in [0.4, 0.5) is 0 Å². The molecule has 0 aliphatic carbocycles. The lowest BCUT2D eigenvalue weighted by Crippen LogP contribution is -2.10. The number of rotatable bonds is 5. The number of hydrogen-bond acceptors (Lipinski definition) is 4. The summed E-state index contributed by atoms with van der Waals surface area (Å²) < 4.78 is 1.81. The number of aryl methyl sites for hydroxylation is 1. The molecule has 0 radical (unpaired) electrons. The quantitative estimate of drug-likeness (QED) is 0.780. The molecule has 6 heteroatoms. The van der Waals surface area contributed by atoms with E-state index in [1.54, 1.807) is 30.5 Å². The van der Waals surface area contributed by atoms with E-state index < -0.39 is 5.97 Å². The summed E-state index contributed by atoms with van der Waals surface area (Å²) in [6.07, 6.45) is 4.44. The van der Waals surface area contributed by atoms with Gasteiger partial charge in [-0.05, 0) is 37.6 Å². The Morgan fingerprint density at radius 2 is 2.00 bits per heavy atom. The highest BCUT2D eigenvalue weighted by atomic mass is 16.4. The standard InChI is InChI=1S/C18H18N4O2/c1-12-4-3-9-19-16(12)10-13(2)22-11-17(20-21-22)14-5-7-15(8-6-14)18(23)24/h3-9,11,13H,10H2,1-2H3,(H,23,24)/t13-/m0/s1. The van der Waals surface area contributed by atoms with Crippen LogP contribution < -0.4 is 0 Å². The second-order valence-electron chi connectivity index (χ2n) is 5.79. The molecule has 2 aromatic heterocycles. The monoisotopic (exact) mass is 322 g/mol. The van der Waals surface area contributed by atoms with Crippen molar-refractivity contribution in [1.29, 1.82) is 0 Å². The van der Waals surface area contributed by atoms with Gasteiger partial charge in [0.1, 0.15) is 5.69 Å². The summed E-state index contributed by atoms with van der Waals surface area (Å²) in [4.78, 5) is 15.3. The maximum Gasteiger partial charge on any atom is 0.335 e. The van der Waals surface area contributed by atoms with E-state index in [4.69, 9.17) is 5.11 Å². The molecule has 3 rings (SSSR count). The van der Waals surface area contributed by atoms with E-state index in [1.807, 2.05) is 29.9 Å². The van der Waals surface area contributed by atoms with Gasteiger partial charge in [-0.15, -0.1) is 5.10 Å². The second-order valence-corrected chi connectivity index (χ2v) is 5.79. The van der Waals surface area contributed by atoms with E-state index in [1.165, 1.54) is 0 Å². The van der Waals surface area contributed by atoms with Crippen LogP contribution in [0.25, 0.3) is 11.3 Å². The molecule has 0 aliphatic heterocycles. The number of carboxylic acid groups (broad SMARTS) is 1. The van der Waals surface area contributed by atoms with E-state index in [2.05, 4.69) is 22.2 Å². The molecule has 6 nitrogen and oxygen atoms in total. The van der Waals surface area contributed by atoms with Crippen molar-refractivity contribution in [3.05, 3.63) is 65.6 Å². The summed E-state index contributed by atoms with van der Waals surface area (Å²) >= 11 is 0. The second kappa shape index (κ2) is 6.62. The number of benzene rings is 1. The van der Waals surface area contributed by atoms with Crippen molar-refractivity contribution in [3.63, 3.8) is 0 Å².